The van der Waals surface area contributed by atoms with Gasteiger partial charge >= 0.3 is 0 Å². The molecule has 9 nitrogen and oxygen atoms in total. The number of aliphatic hydroxyl groups excluding tert-OH is 1. The van der Waals surface area contributed by atoms with Gasteiger partial charge < -0.3 is 31.5 Å². The maximum Gasteiger partial charge on any atom is 0.251 e. The number of nitrogens with two attached hydrogens (primary N) is 1. The van der Waals surface area contributed by atoms with Crippen LogP contribution < -0.4 is 26.4 Å². The van der Waals surface area contributed by atoms with Crippen LogP contribution in [0.1, 0.15) is 72.0 Å². The quantitative estimate of drug-likeness (QED) is 0.237. The molecule has 232 valence electrons. The number of rotatable bonds is 12. The second-order valence-corrected chi connectivity index (χ2v) is 12.1. The minimum absolute atomic E-state index is 0.0870. The summed E-state index contributed by atoms with van der Waals surface area (Å²) >= 11 is 0. The van der Waals surface area contributed by atoms with Crippen LogP contribution >= 0.6 is 0 Å². The summed E-state index contributed by atoms with van der Waals surface area (Å²) in [6.45, 7) is 4.99. The molecule has 2 aliphatic carbocycles. The van der Waals surface area contributed by atoms with E-state index in [9.17, 15) is 9.90 Å². The van der Waals surface area contributed by atoms with Crippen LogP contribution in [-0.2, 0) is 13.0 Å². The first kappa shape index (κ1) is 31.0. The highest BCUT2D eigenvalue weighted by Gasteiger charge is 2.23. The van der Waals surface area contributed by atoms with Crippen LogP contribution in [0.3, 0.4) is 0 Å². The Bertz CT molecular complexity index is 1320. The second kappa shape index (κ2) is 14.9. The van der Waals surface area contributed by atoms with Crippen molar-refractivity contribution < 1.29 is 14.6 Å². The van der Waals surface area contributed by atoms with E-state index < -0.39 is 6.10 Å². The first-order chi connectivity index (χ1) is 20.9. The Hall–Kier alpha value is -3.40. The van der Waals surface area contributed by atoms with Crippen LogP contribution in [-0.4, -0.2) is 72.4 Å². The molecule has 2 heterocycles. The molecule has 1 aromatic heterocycles. The number of likely N-dealkylation sites (N-methyl/N-ethyl adjacent to an activating group) is 1. The Kier molecular flexibility index (Phi) is 10.7. The average Bonchev–Trinajstić information content (AvgIpc) is 2.98. The summed E-state index contributed by atoms with van der Waals surface area (Å²) in [6, 6.07) is 8.25. The van der Waals surface area contributed by atoms with Crippen LogP contribution in [0.15, 0.2) is 53.9 Å². The Morgan fingerprint density at radius 2 is 2.07 bits per heavy atom. The van der Waals surface area contributed by atoms with Gasteiger partial charge in [-0.25, -0.2) is 4.98 Å². The van der Waals surface area contributed by atoms with Gasteiger partial charge in [-0.05, 0) is 99.4 Å². The molecule has 0 bridgehead atoms. The number of allylic oxidation sites excluding steroid dienone is 2. The van der Waals surface area contributed by atoms with Crippen molar-refractivity contribution in [1.82, 2.24) is 20.5 Å². The SMILES string of the molecule is CNC(COc1ccc2c(c1C)CCN(C[C@@H](O)CNC(=O)c1ccnc(NC3CCC3)c1)C2)/C1=C(\N)C/C=C\CCC1. The van der Waals surface area contributed by atoms with Gasteiger partial charge in [0.2, 0.25) is 0 Å². The van der Waals surface area contributed by atoms with Crippen LogP contribution in [0.2, 0.25) is 0 Å². The lowest BCUT2D eigenvalue weighted by Gasteiger charge is -2.32. The minimum Gasteiger partial charge on any atom is -0.491 e. The van der Waals surface area contributed by atoms with Crippen molar-refractivity contribution in [3.63, 3.8) is 0 Å². The summed E-state index contributed by atoms with van der Waals surface area (Å²) in [6.07, 6.45) is 13.8. The standard InChI is InChI=1S/C34H48N6O3/c1-23-28-15-17-40(21-27(41)19-38-34(42)24-14-16-37-33(18-24)39-26-8-7-9-26)20-25(28)12-13-32(23)43-22-31(36-2)29-10-5-3-4-6-11-30(29)35/h4,6,12-14,16,18,26-27,31,36,41H,3,5,7-11,15,17,19-22,35H2,1-2H3,(H,37,39)(H,38,42)/b6-4-,30-29-/t27-,31?/m0/s1. The smallest absolute Gasteiger partial charge is 0.251 e. The van der Waals surface area contributed by atoms with Crippen LogP contribution in [0, 0.1) is 6.92 Å². The summed E-state index contributed by atoms with van der Waals surface area (Å²) in [4.78, 5) is 19.3. The van der Waals surface area contributed by atoms with E-state index in [0.717, 1.165) is 75.3 Å². The number of nitrogens with zero attached hydrogens (tertiary/aromatic N) is 2. The van der Waals surface area contributed by atoms with Gasteiger partial charge in [-0.15, -0.1) is 0 Å². The molecule has 0 saturated heterocycles. The molecule has 43 heavy (non-hydrogen) atoms. The number of anilines is 1. The molecule has 0 spiro atoms. The first-order valence-electron chi connectivity index (χ1n) is 15.9. The third-order valence-corrected chi connectivity index (χ3v) is 9.07. The summed E-state index contributed by atoms with van der Waals surface area (Å²) < 4.78 is 6.37. The maximum atomic E-state index is 12.7. The molecule has 0 radical (unpaired) electrons. The van der Waals surface area contributed by atoms with Gasteiger partial charge in [0.05, 0.1) is 12.1 Å². The van der Waals surface area contributed by atoms with Crippen molar-refractivity contribution in [2.75, 3.05) is 38.6 Å². The van der Waals surface area contributed by atoms with Crippen molar-refractivity contribution in [2.24, 2.45) is 5.73 Å². The summed E-state index contributed by atoms with van der Waals surface area (Å²) in [5.41, 5.74) is 13.0. The Labute approximate surface area is 256 Å². The lowest BCUT2D eigenvalue weighted by molar-refractivity contribution is 0.0841. The lowest BCUT2D eigenvalue weighted by atomic mass is 9.93. The summed E-state index contributed by atoms with van der Waals surface area (Å²) in [5.74, 6) is 1.45. The van der Waals surface area contributed by atoms with Crippen molar-refractivity contribution in [3.8, 4) is 5.75 Å². The third-order valence-electron chi connectivity index (χ3n) is 9.07. The van der Waals surface area contributed by atoms with E-state index in [0.29, 0.717) is 24.8 Å². The number of carbonyl (C=O) groups excluding carboxylic acids is 1. The Balaban J connectivity index is 1.11. The Morgan fingerprint density at radius 1 is 1.21 bits per heavy atom. The number of fused-ring (bicyclic) bond motifs is 1. The topological polar surface area (TPSA) is 125 Å². The van der Waals surface area contributed by atoms with Crippen LogP contribution in [0.25, 0.3) is 0 Å². The van der Waals surface area contributed by atoms with E-state index in [2.05, 4.69) is 57.0 Å². The van der Waals surface area contributed by atoms with E-state index in [-0.39, 0.29) is 18.5 Å². The number of ether oxygens (including phenoxy) is 1. The molecule has 1 aromatic carbocycles. The molecule has 1 amide bonds. The highest BCUT2D eigenvalue weighted by Crippen LogP contribution is 2.30. The van der Waals surface area contributed by atoms with Gasteiger partial charge in [0.25, 0.3) is 5.91 Å². The Morgan fingerprint density at radius 3 is 2.86 bits per heavy atom. The van der Waals surface area contributed by atoms with Gasteiger partial charge in [-0.3, -0.25) is 9.69 Å². The largest absolute Gasteiger partial charge is 0.491 e. The van der Waals surface area contributed by atoms with E-state index in [4.69, 9.17) is 10.5 Å². The molecule has 2 aromatic rings. The van der Waals surface area contributed by atoms with Gasteiger partial charge in [-0.2, -0.15) is 0 Å². The molecular formula is C34H48N6O3. The first-order valence-corrected chi connectivity index (χ1v) is 15.9. The zero-order valence-corrected chi connectivity index (χ0v) is 25.7. The fraction of sp³-hybridized carbons (Fsp3) is 0.529. The number of amides is 1. The second-order valence-electron chi connectivity index (χ2n) is 12.1. The number of hydrogen-bond donors (Lipinski definition) is 5. The number of benzene rings is 1. The van der Waals surface area contributed by atoms with Gasteiger partial charge in [0, 0.05) is 56.1 Å². The maximum absolute atomic E-state index is 12.7. The van der Waals surface area contributed by atoms with Crippen molar-refractivity contribution in [3.05, 3.63) is 76.1 Å². The molecule has 9 heteroatoms. The predicted octanol–water partition coefficient (Wildman–Crippen LogP) is 3.81. The van der Waals surface area contributed by atoms with E-state index in [1.165, 1.54) is 28.7 Å². The molecule has 3 aliphatic rings. The fourth-order valence-electron chi connectivity index (χ4n) is 6.24. The summed E-state index contributed by atoms with van der Waals surface area (Å²) in [7, 11) is 1.97. The zero-order valence-electron chi connectivity index (χ0n) is 25.7. The van der Waals surface area contributed by atoms with Gasteiger partial charge in [0.15, 0.2) is 0 Å². The van der Waals surface area contributed by atoms with Gasteiger partial charge in [0.1, 0.15) is 18.2 Å². The number of β-amino-alcohol motifs (C(OH)–C–C–N with tert-alkyl or cyclic N) is 1. The average molecular weight is 589 g/mol. The number of aromatic nitrogens is 1. The monoisotopic (exact) mass is 588 g/mol. The van der Waals surface area contributed by atoms with E-state index in [1.807, 2.05) is 7.05 Å². The molecule has 5 rings (SSSR count). The molecule has 1 unspecified atom stereocenters. The molecule has 2 atom stereocenters. The lowest BCUT2D eigenvalue weighted by Crippen LogP contribution is -2.42. The number of carbonyl (C=O) groups is 1. The molecule has 1 fully saturated rings. The highest BCUT2D eigenvalue weighted by atomic mass is 16.5. The van der Waals surface area contributed by atoms with Crippen molar-refractivity contribution >= 4 is 11.7 Å². The fourth-order valence-corrected chi connectivity index (χ4v) is 6.24. The minimum atomic E-state index is -0.660. The van der Waals surface area contributed by atoms with Crippen molar-refractivity contribution in [1.29, 1.82) is 0 Å². The molecule has 1 saturated carbocycles. The zero-order chi connectivity index (χ0) is 30.2. The number of aliphatic hydroxyl groups is 1. The van der Waals surface area contributed by atoms with Crippen molar-refractivity contribution in [2.45, 2.75) is 83.0 Å². The molecule has 1 aliphatic heterocycles. The summed E-state index contributed by atoms with van der Waals surface area (Å²) in [5, 5.41) is 20.4. The molecule has 6 N–H and O–H groups in total. The third kappa shape index (κ3) is 8.16. The molecular weight excluding hydrogens is 540 g/mol. The number of hydrogen-bond acceptors (Lipinski definition) is 8. The predicted molar refractivity (Wildman–Crippen MR) is 171 cm³/mol. The van der Waals surface area contributed by atoms with E-state index in [1.54, 1.807) is 18.3 Å². The number of nitrogens with one attached hydrogen (secondary N) is 3. The van der Waals surface area contributed by atoms with E-state index >= 15 is 0 Å². The number of pyridine rings is 1. The normalized spacial score (nSPS) is 21.5. The highest BCUT2D eigenvalue weighted by molar-refractivity contribution is 5.94. The van der Waals surface area contributed by atoms with Crippen LogP contribution in [0.4, 0.5) is 5.82 Å². The van der Waals surface area contributed by atoms with Crippen LogP contribution in [0.5, 0.6) is 5.75 Å². The van der Waals surface area contributed by atoms with Gasteiger partial charge in [-0.1, -0.05) is 18.2 Å².